The minimum absolute atomic E-state index is 0.189. The van der Waals surface area contributed by atoms with Gasteiger partial charge in [-0.05, 0) is 57.9 Å². The number of esters is 1. The van der Waals surface area contributed by atoms with Crippen LogP contribution in [0.3, 0.4) is 0 Å². The Balaban J connectivity index is 1.98. The van der Waals surface area contributed by atoms with E-state index < -0.39 is 11.5 Å². The molecule has 0 radical (unpaired) electrons. The molecule has 5 heteroatoms. The molecule has 0 saturated heterocycles. The molecular weight excluding hydrogens is 364 g/mol. The second kappa shape index (κ2) is 6.90. The van der Waals surface area contributed by atoms with E-state index in [1.807, 2.05) is 30.9 Å². The lowest BCUT2D eigenvalue weighted by atomic mass is 9.91. The Morgan fingerprint density at radius 3 is 2.14 bits per heavy atom. The van der Waals surface area contributed by atoms with Crippen LogP contribution in [0.25, 0.3) is 0 Å². The smallest absolute Gasteiger partial charge is 0.342 e. The van der Waals surface area contributed by atoms with Crippen LogP contribution in [-0.4, -0.2) is 29.9 Å². The van der Waals surface area contributed by atoms with Gasteiger partial charge in [0.15, 0.2) is 5.78 Å². The molecule has 0 aliphatic carbocycles. The summed E-state index contributed by atoms with van der Waals surface area (Å²) in [5.41, 5.74) is 5.20. The molecule has 2 aromatic rings. The van der Waals surface area contributed by atoms with Gasteiger partial charge in [-0.3, -0.25) is 4.79 Å². The number of nitrogens with zero attached hydrogens (tertiary/aromatic N) is 2. The zero-order valence-electron chi connectivity index (χ0n) is 17.8. The summed E-state index contributed by atoms with van der Waals surface area (Å²) in [6.07, 6.45) is -0.292. The van der Waals surface area contributed by atoms with E-state index in [9.17, 15) is 9.59 Å². The van der Waals surface area contributed by atoms with E-state index in [1.165, 1.54) is 6.92 Å². The van der Waals surface area contributed by atoms with Gasteiger partial charge in [-0.1, -0.05) is 35.4 Å². The maximum atomic E-state index is 13.5. The molecule has 2 aliphatic rings. The van der Waals surface area contributed by atoms with Crippen LogP contribution in [0.4, 0.5) is 11.4 Å². The fourth-order valence-corrected chi connectivity index (χ4v) is 4.57. The van der Waals surface area contributed by atoms with Crippen molar-refractivity contribution in [3.05, 3.63) is 58.7 Å². The van der Waals surface area contributed by atoms with Gasteiger partial charge in [0.1, 0.15) is 0 Å². The Labute approximate surface area is 172 Å². The van der Waals surface area contributed by atoms with E-state index >= 15 is 0 Å². The first-order valence-corrected chi connectivity index (χ1v) is 10.2. The number of benzene rings is 2. The first-order chi connectivity index (χ1) is 13.7. The minimum Gasteiger partial charge on any atom is -0.461 e. The molecule has 5 nitrogen and oxygen atoms in total. The highest BCUT2D eigenvalue weighted by Gasteiger charge is 2.55. The van der Waals surface area contributed by atoms with E-state index in [-0.39, 0.29) is 18.4 Å². The van der Waals surface area contributed by atoms with E-state index in [1.54, 1.807) is 0 Å². The molecule has 0 N–H and O–H groups in total. The standard InChI is InChI=1S/C24H28N2O3/c1-15(2)29-23(28)24(18(5)27)14-25-12-19-10-17(4)7-9-22(19)26(24)13-20-11-16(3)6-8-21(20)25/h6-11,15H,12-14H2,1-5H3/t24-/m0/s1. The molecule has 0 spiro atoms. The van der Waals surface area contributed by atoms with Gasteiger partial charge in [0.05, 0.1) is 12.6 Å². The zero-order chi connectivity index (χ0) is 20.9. The van der Waals surface area contributed by atoms with E-state index in [0.29, 0.717) is 13.1 Å². The number of aryl methyl sites for hydroxylation is 2. The van der Waals surface area contributed by atoms with Gasteiger partial charge >= 0.3 is 5.97 Å². The SMILES string of the molecule is CC(=O)[C@]1(C(=O)OC(C)C)CN2Cc3cc(C)ccc3N1Cc1cc(C)ccc12. The van der Waals surface area contributed by atoms with Crippen molar-refractivity contribution in [2.45, 2.75) is 59.4 Å². The number of ketones is 1. The molecule has 0 amide bonds. The van der Waals surface area contributed by atoms with Gasteiger partial charge in [0, 0.05) is 24.5 Å². The Kier molecular flexibility index (Phi) is 4.64. The molecule has 0 aromatic heterocycles. The number of ether oxygens (including phenoxy) is 1. The van der Waals surface area contributed by atoms with E-state index in [4.69, 9.17) is 4.74 Å². The number of carbonyl (C=O) groups excluding carboxylic acids is 2. The molecule has 2 aliphatic heterocycles. The topological polar surface area (TPSA) is 49.9 Å². The summed E-state index contributed by atoms with van der Waals surface area (Å²) in [6, 6.07) is 12.6. The molecule has 2 aromatic carbocycles. The molecule has 0 saturated carbocycles. The molecule has 152 valence electrons. The molecule has 0 fully saturated rings. The summed E-state index contributed by atoms with van der Waals surface area (Å²) in [6.45, 7) is 10.7. The van der Waals surface area contributed by atoms with Crippen LogP contribution in [-0.2, 0) is 27.4 Å². The maximum absolute atomic E-state index is 13.5. The Bertz CT molecular complexity index is 998. The molecular formula is C24H28N2O3. The minimum atomic E-state index is -1.38. The quantitative estimate of drug-likeness (QED) is 0.585. The summed E-state index contributed by atoms with van der Waals surface area (Å²) < 4.78 is 5.65. The molecule has 4 rings (SSSR count). The number of hydrogen-bond donors (Lipinski definition) is 0. The first kappa shape index (κ1) is 19.5. The zero-order valence-corrected chi connectivity index (χ0v) is 17.8. The number of fused-ring (bicyclic) bond motifs is 7. The fraction of sp³-hybridized carbons (Fsp3) is 0.417. The van der Waals surface area contributed by atoms with Gasteiger partial charge in [-0.15, -0.1) is 0 Å². The van der Waals surface area contributed by atoms with Crippen molar-refractivity contribution in [2.75, 3.05) is 16.3 Å². The third-order valence-corrected chi connectivity index (χ3v) is 5.93. The van der Waals surface area contributed by atoms with Crippen LogP contribution < -0.4 is 9.80 Å². The molecule has 0 unspecified atom stereocenters. The third kappa shape index (κ3) is 3.09. The van der Waals surface area contributed by atoms with Crippen LogP contribution in [0.1, 0.15) is 43.0 Å². The number of rotatable bonds is 3. The van der Waals surface area contributed by atoms with Crippen molar-refractivity contribution in [1.82, 2.24) is 0 Å². The number of Topliss-reactive ketones (excluding diaryl/α,β-unsaturated/α-hetero) is 1. The average Bonchev–Trinajstić information content (AvgIpc) is 2.85. The predicted molar refractivity (Wildman–Crippen MR) is 114 cm³/mol. The van der Waals surface area contributed by atoms with Gasteiger partial charge in [-0.2, -0.15) is 0 Å². The fourth-order valence-electron chi connectivity index (χ4n) is 4.57. The van der Waals surface area contributed by atoms with Crippen molar-refractivity contribution >= 4 is 23.1 Å². The van der Waals surface area contributed by atoms with Gasteiger partial charge in [0.2, 0.25) is 5.54 Å². The van der Waals surface area contributed by atoms with Crippen molar-refractivity contribution in [2.24, 2.45) is 0 Å². The van der Waals surface area contributed by atoms with Gasteiger partial charge < -0.3 is 14.5 Å². The highest BCUT2D eigenvalue weighted by molar-refractivity contribution is 6.12. The summed E-state index contributed by atoms with van der Waals surface area (Å²) in [4.78, 5) is 30.8. The van der Waals surface area contributed by atoms with Crippen molar-refractivity contribution in [3.63, 3.8) is 0 Å². The lowest BCUT2D eigenvalue weighted by Gasteiger charge is -2.40. The summed E-state index contributed by atoms with van der Waals surface area (Å²) >= 11 is 0. The lowest BCUT2D eigenvalue weighted by Crippen LogP contribution is -2.64. The highest BCUT2D eigenvalue weighted by Crippen LogP contribution is 2.43. The number of anilines is 2. The second-order valence-corrected chi connectivity index (χ2v) is 8.58. The van der Waals surface area contributed by atoms with Crippen LogP contribution >= 0.6 is 0 Å². The van der Waals surface area contributed by atoms with Crippen LogP contribution in [0.5, 0.6) is 0 Å². The van der Waals surface area contributed by atoms with Crippen LogP contribution in [0.2, 0.25) is 0 Å². The Morgan fingerprint density at radius 2 is 1.55 bits per heavy atom. The molecule has 2 heterocycles. The largest absolute Gasteiger partial charge is 0.461 e. The van der Waals surface area contributed by atoms with Crippen LogP contribution in [0, 0.1) is 13.8 Å². The monoisotopic (exact) mass is 392 g/mol. The van der Waals surface area contributed by atoms with Crippen molar-refractivity contribution in [3.8, 4) is 0 Å². The van der Waals surface area contributed by atoms with E-state index in [2.05, 4.69) is 43.0 Å². The van der Waals surface area contributed by atoms with Crippen LogP contribution in [0.15, 0.2) is 36.4 Å². The maximum Gasteiger partial charge on any atom is 0.342 e. The van der Waals surface area contributed by atoms with Crippen molar-refractivity contribution in [1.29, 1.82) is 0 Å². The summed E-state index contributed by atoms with van der Waals surface area (Å²) in [5, 5.41) is 0. The lowest BCUT2D eigenvalue weighted by molar-refractivity contribution is -0.156. The number of hydrogen-bond acceptors (Lipinski definition) is 5. The van der Waals surface area contributed by atoms with Gasteiger partial charge in [-0.25, -0.2) is 4.79 Å². The van der Waals surface area contributed by atoms with Crippen molar-refractivity contribution < 1.29 is 14.3 Å². The summed E-state index contributed by atoms with van der Waals surface area (Å²) in [5.74, 6) is -0.658. The Hall–Kier alpha value is -2.82. The van der Waals surface area contributed by atoms with Gasteiger partial charge in [0.25, 0.3) is 0 Å². The third-order valence-electron chi connectivity index (χ3n) is 5.93. The molecule has 1 atom stereocenters. The van der Waals surface area contributed by atoms with E-state index in [0.717, 1.165) is 33.6 Å². The Morgan fingerprint density at radius 1 is 0.966 bits per heavy atom. The molecule has 29 heavy (non-hydrogen) atoms. The highest BCUT2D eigenvalue weighted by atomic mass is 16.5. The normalized spacial score (nSPS) is 20.1. The summed E-state index contributed by atoms with van der Waals surface area (Å²) in [7, 11) is 0. The molecule has 2 bridgehead atoms. The first-order valence-electron chi connectivity index (χ1n) is 10.2. The number of carbonyl (C=O) groups is 2. The average molecular weight is 392 g/mol. The predicted octanol–water partition coefficient (Wildman–Crippen LogP) is 3.92. The second-order valence-electron chi connectivity index (χ2n) is 8.58.